The zero-order chi connectivity index (χ0) is 13.2. The Morgan fingerprint density at radius 3 is 2.63 bits per heavy atom. The Labute approximate surface area is 117 Å². The Balaban J connectivity index is 1.97. The maximum absolute atomic E-state index is 8.75. The molecule has 92 valence electrons. The number of hydrogen-bond acceptors (Lipinski definition) is 5. The molecule has 0 aliphatic carbocycles. The van der Waals surface area contributed by atoms with Crippen LogP contribution in [0.25, 0.3) is 22.2 Å². The van der Waals surface area contributed by atoms with Crippen molar-refractivity contribution in [3.05, 3.63) is 46.3 Å². The fourth-order valence-corrected chi connectivity index (χ4v) is 2.63. The third kappa shape index (κ3) is 2.24. The van der Waals surface area contributed by atoms with Crippen LogP contribution in [0.2, 0.25) is 5.02 Å². The van der Waals surface area contributed by atoms with Crippen LogP contribution in [0.5, 0.6) is 0 Å². The molecule has 0 aliphatic rings. The number of halogens is 1. The van der Waals surface area contributed by atoms with Gasteiger partial charge in [0.05, 0.1) is 16.7 Å². The van der Waals surface area contributed by atoms with Crippen molar-refractivity contribution in [3.63, 3.8) is 0 Å². The van der Waals surface area contributed by atoms with E-state index in [0.29, 0.717) is 22.3 Å². The SMILES string of the molecule is N#Cc1ccc(-c2noc(-c3sccc3Cl)n2)cc1. The fraction of sp³-hybridized carbons (Fsp3) is 0. The number of nitrogens with zero attached hydrogens (tertiary/aromatic N) is 3. The molecule has 4 nitrogen and oxygen atoms in total. The highest BCUT2D eigenvalue weighted by Crippen LogP contribution is 2.32. The van der Waals surface area contributed by atoms with E-state index in [4.69, 9.17) is 21.4 Å². The Morgan fingerprint density at radius 1 is 1.21 bits per heavy atom. The Kier molecular flexibility index (Phi) is 3.03. The monoisotopic (exact) mass is 287 g/mol. The molecular formula is C13H6ClN3OS. The van der Waals surface area contributed by atoms with E-state index in [1.165, 1.54) is 11.3 Å². The molecule has 1 aromatic carbocycles. The van der Waals surface area contributed by atoms with Gasteiger partial charge < -0.3 is 4.52 Å². The van der Waals surface area contributed by atoms with E-state index >= 15 is 0 Å². The van der Waals surface area contributed by atoms with E-state index in [1.54, 1.807) is 30.3 Å². The first-order valence-electron chi connectivity index (χ1n) is 5.35. The van der Waals surface area contributed by atoms with Crippen LogP contribution in [-0.4, -0.2) is 10.1 Å². The molecule has 0 unspecified atom stereocenters. The summed E-state index contributed by atoms with van der Waals surface area (Å²) in [5.41, 5.74) is 1.38. The Morgan fingerprint density at radius 2 is 2.00 bits per heavy atom. The molecule has 0 amide bonds. The molecule has 0 bridgehead atoms. The molecule has 0 radical (unpaired) electrons. The number of aromatic nitrogens is 2. The molecule has 0 spiro atoms. The maximum Gasteiger partial charge on any atom is 0.269 e. The van der Waals surface area contributed by atoms with Crippen LogP contribution >= 0.6 is 22.9 Å². The lowest BCUT2D eigenvalue weighted by molar-refractivity contribution is 0.433. The molecule has 2 heterocycles. The van der Waals surface area contributed by atoms with E-state index in [0.717, 1.165) is 10.4 Å². The number of hydrogen-bond donors (Lipinski definition) is 0. The molecule has 3 aromatic rings. The van der Waals surface area contributed by atoms with Gasteiger partial charge in [0.2, 0.25) is 5.82 Å². The van der Waals surface area contributed by atoms with Gasteiger partial charge in [0.15, 0.2) is 0 Å². The summed E-state index contributed by atoms with van der Waals surface area (Å²) in [6.45, 7) is 0. The average Bonchev–Trinajstić information content (AvgIpc) is 3.07. The summed E-state index contributed by atoms with van der Waals surface area (Å²) in [7, 11) is 0. The van der Waals surface area contributed by atoms with Crippen molar-refractivity contribution in [2.75, 3.05) is 0 Å². The van der Waals surface area contributed by atoms with Gasteiger partial charge in [-0.3, -0.25) is 0 Å². The molecule has 0 saturated carbocycles. The third-order valence-corrected chi connectivity index (χ3v) is 3.84. The molecule has 0 N–H and O–H groups in total. The lowest BCUT2D eigenvalue weighted by atomic mass is 10.1. The summed E-state index contributed by atoms with van der Waals surface area (Å²) in [4.78, 5) is 5.06. The van der Waals surface area contributed by atoms with Crippen molar-refractivity contribution >= 4 is 22.9 Å². The molecule has 6 heteroatoms. The van der Waals surface area contributed by atoms with Crippen LogP contribution in [-0.2, 0) is 0 Å². The highest BCUT2D eigenvalue weighted by Gasteiger charge is 2.14. The van der Waals surface area contributed by atoms with Gasteiger partial charge in [0.1, 0.15) is 4.88 Å². The molecular weight excluding hydrogens is 282 g/mol. The Bertz CT molecular complexity index is 755. The first kappa shape index (κ1) is 11.9. The van der Waals surface area contributed by atoms with Gasteiger partial charge in [-0.25, -0.2) is 0 Å². The van der Waals surface area contributed by atoms with E-state index in [2.05, 4.69) is 16.2 Å². The van der Waals surface area contributed by atoms with Crippen LogP contribution in [0.15, 0.2) is 40.2 Å². The second-order valence-electron chi connectivity index (χ2n) is 3.71. The third-order valence-electron chi connectivity index (χ3n) is 2.51. The van der Waals surface area contributed by atoms with Crippen LogP contribution < -0.4 is 0 Å². The number of benzene rings is 1. The quantitative estimate of drug-likeness (QED) is 0.715. The van der Waals surface area contributed by atoms with Gasteiger partial charge >= 0.3 is 0 Å². The molecule has 3 rings (SSSR count). The van der Waals surface area contributed by atoms with Gasteiger partial charge in [-0.05, 0) is 35.7 Å². The molecule has 0 fully saturated rings. The van der Waals surface area contributed by atoms with E-state index in [1.807, 2.05) is 5.38 Å². The highest BCUT2D eigenvalue weighted by atomic mass is 35.5. The standard InChI is InChI=1S/C13H6ClN3OS/c14-10-5-6-19-11(10)13-16-12(17-18-13)9-3-1-8(7-15)2-4-9/h1-6H. The van der Waals surface area contributed by atoms with Crippen LogP contribution in [0, 0.1) is 11.3 Å². The second kappa shape index (κ2) is 4.84. The first-order valence-corrected chi connectivity index (χ1v) is 6.61. The second-order valence-corrected chi connectivity index (χ2v) is 5.03. The smallest absolute Gasteiger partial charge is 0.269 e. The normalized spacial score (nSPS) is 10.3. The van der Waals surface area contributed by atoms with E-state index in [-0.39, 0.29) is 0 Å². The van der Waals surface area contributed by atoms with Crippen molar-refractivity contribution in [1.82, 2.24) is 10.1 Å². The summed E-state index contributed by atoms with van der Waals surface area (Å²) in [6, 6.07) is 10.8. The van der Waals surface area contributed by atoms with Crippen LogP contribution in [0.3, 0.4) is 0 Å². The predicted molar refractivity (Wildman–Crippen MR) is 72.8 cm³/mol. The van der Waals surface area contributed by atoms with Crippen molar-refractivity contribution in [2.24, 2.45) is 0 Å². The number of nitriles is 1. The van der Waals surface area contributed by atoms with Crippen molar-refractivity contribution in [1.29, 1.82) is 5.26 Å². The van der Waals surface area contributed by atoms with E-state index < -0.39 is 0 Å². The molecule has 0 saturated heterocycles. The van der Waals surface area contributed by atoms with E-state index in [9.17, 15) is 0 Å². The minimum atomic E-state index is 0.402. The minimum Gasteiger partial charge on any atom is -0.333 e. The molecule has 2 aromatic heterocycles. The summed E-state index contributed by atoms with van der Waals surface area (Å²) in [6.07, 6.45) is 0. The Hall–Kier alpha value is -2.16. The van der Waals surface area contributed by atoms with Gasteiger partial charge in [-0.15, -0.1) is 11.3 Å². The fourth-order valence-electron chi connectivity index (χ4n) is 1.57. The maximum atomic E-state index is 8.75. The lowest BCUT2D eigenvalue weighted by Crippen LogP contribution is -1.81. The lowest BCUT2D eigenvalue weighted by Gasteiger charge is -1.93. The van der Waals surface area contributed by atoms with Gasteiger partial charge in [0.25, 0.3) is 5.89 Å². The molecule has 0 atom stereocenters. The zero-order valence-electron chi connectivity index (χ0n) is 9.50. The van der Waals surface area contributed by atoms with Crippen molar-refractivity contribution in [2.45, 2.75) is 0 Å². The number of thiophene rings is 1. The minimum absolute atomic E-state index is 0.402. The van der Waals surface area contributed by atoms with Crippen LogP contribution in [0.1, 0.15) is 5.56 Å². The largest absolute Gasteiger partial charge is 0.333 e. The topological polar surface area (TPSA) is 62.7 Å². The highest BCUT2D eigenvalue weighted by molar-refractivity contribution is 7.14. The van der Waals surface area contributed by atoms with Crippen molar-refractivity contribution in [3.8, 4) is 28.2 Å². The van der Waals surface area contributed by atoms with Crippen molar-refractivity contribution < 1.29 is 4.52 Å². The summed E-state index contributed by atoms with van der Waals surface area (Å²) >= 11 is 7.46. The van der Waals surface area contributed by atoms with Gasteiger partial charge in [-0.1, -0.05) is 16.8 Å². The zero-order valence-corrected chi connectivity index (χ0v) is 11.1. The summed E-state index contributed by atoms with van der Waals surface area (Å²) < 4.78 is 5.20. The molecule has 19 heavy (non-hydrogen) atoms. The summed E-state index contributed by atoms with van der Waals surface area (Å²) in [5.74, 6) is 0.878. The number of rotatable bonds is 2. The average molecular weight is 288 g/mol. The summed E-state index contributed by atoms with van der Waals surface area (Å²) in [5, 5.41) is 15.1. The van der Waals surface area contributed by atoms with Gasteiger partial charge in [-0.2, -0.15) is 10.2 Å². The molecule has 0 aliphatic heterocycles. The predicted octanol–water partition coefficient (Wildman–Crippen LogP) is 3.99. The van der Waals surface area contributed by atoms with Crippen LogP contribution in [0.4, 0.5) is 0 Å². The first-order chi connectivity index (χ1) is 9.28. The van der Waals surface area contributed by atoms with Gasteiger partial charge in [0, 0.05) is 5.56 Å².